The first-order valence-corrected chi connectivity index (χ1v) is 9.75. The Morgan fingerprint density at radius 3 is 2.91 bits per heavy atom. The molecule has 0 bridgehead atoms. The summed E-state index contributed by atoms with van der Waals surface area (Å²) in [4.78, 5) is 2.28. The Balaban J connectivity index is 1.75. The summed E-state index contributed by atoms with van der Waals surface area (Å²) in [5.41, 5.74) is 0. The average molecular weight is 347 g/mol. The maximum atomic E-state index is 11.1. The zero-order valence-corrected chi connectivity index (χ0v) is 14.4. The number of hydrogen-bond acceptors (Lipinski definition) is 4. The van der Waals surface area contributed by atoms with E-state index in [1.54, 1.807) is 0 Å². The van der Waals surface area contributed by atoms with Crippen LogP contribution in [0.1, 0.15) is 12.8 Å². The Bertz CT molecular complexity index is 580. The minimum absolute atomic E-state index is 0.447. The number of sulfonamides is 1. The van der Waals surface area contributed by atoms with E-state index in [0.717, 1.165) is 38.2 Å². The van der Waals surface area contributed by atoms with Gasteiger partial charge in [0, 0.05) is 25.6 Å². The highest BCUT2D eigenvalue weighted by molar-refractivity contribution is 7.88. The molecule has 1 heterocycles. The van der Waals surface area contributed by atoms with Gasteiger partial charge in [0.15, 0.2) is 0 Å². The monoisotopic (exact) mass is 346 g/mol. The van der Waals surface area contributed by atoms with Crippen molar-refractivity contribution in [3.05, 3.63) is 29.3 Å². The average Bonchev–Trinajstić information content (AvgIpc) is 2.45. The predicted molar refractivity (Wildman–Crippen MR) is 89.0 cm³/mol. The molecule has 1 aromatic carbocycles. The zero-order valence-electron chi connectivity index (χ0n) is 12.8. The van der Waals surface area contributed by atoms with Gasteiger partial charge in [-0.3, -0.25) is 0 Å². The van der Waals surface area contributed by atoms with E-state index in [1.165, 1.54) is 6.26 Å². The summed E-state index contributed by atoms with van der Waals surface area (Å²) in [6, 6.07) is 7.48. The van der Waals surface area contributed by atoms with Crippen molar-refractivity contribution in [1.82, 2.24) is 9.62 Å². The Labute approximate surface area is 137 Å². The number of rotatable bonds is 7. The van der Waals surface area contributed by atoms with Gasteiger partial charge in [-0.15, -0.1) is 0 Å². The number of ether oxygens (including phenoxy) is 1. The summed E-state index contributed by atoms with van der Waals surface area (Å²) in [7, 11) is -3.11. The van der Waals surface area contributed by atoms with Gasteiger partial charge < -0.3 is 9.64 Å². The fraction of sp³-hybridized carbons (Fsp3) is 0.600. The summed E-state index contributed by atoms with van der Waals surface area (Å²) in [5, 5.41) is 0.632. The molecule has 1 N–H and O–H groups in total. The largest absolute Gasteiger partial charge is 0.492 e. The molecule has 7 heteroatoms. The number of likely N-dealkylation sites (tertiary alicyclic amines) is 1. The van der Waals surface area contributed by atoms with Gasteiger partial charge in [0.1, 0.15) is 5.75 Å². The topological polar surface area (TPSA) is 58.6 Å². The highest BCUT2D eigenvalue weighted by atomic mass is 35.5. The second-order valence-corrected chi connectivity index (χ2v) is 7.96. The first-order chi connectivity index (χ1) is 10.4. The third-order valence-corrected chi connectivity index (χ3v) is 4.75. The second-order valence-electron chi connectivity index (χ2n) is 5.72. The number of nitrogens with one attached hydrogen (secondary N) is 1. The molecule has 1 aromatic rings. The lowest BCUT2D eigenvalue weighted by molar-refractivity contribution is 0.132. The van der Waals surface area contributed by atoms with Crippen molar-refractivity contribution in [3.63, 3.8) is 0 Å². The molecule has 1 aliphatic heterocycles. The van der Waals surface area contributed by atoms with Crippen molar-refractivity contribution in [2.75, 3.05) is 39.0 Å². The van der Waals surface area contributed by atoms with E-state index in [2.05, 4.69) is 9.62 Å². The van der Waals surface area contributed by atoms with Crippen LogP contribution in [0.3, 0.4) is 0 Å². The highest BCUT2D eigenvalue weighted by Crippen LogP contribution is 2.25. The van der Waals surface area contributed by atoms with Gasteiger partial charge in [-0.25, -0.2) is 13.1 Å². The molecule has 0 aromatic heterocycles. The van der Waals surface area contributed by atoms with Crippen LogP contribution in [0.2, 0.25) is 5.02 Å². The van der Waals surface area contributed by atoms with Crippen molar-refractivity contribution in [2.24, 2.45) is 5.92 Å². The molecular formula is C15H23ClN2O3S. The smallest absolute Gasteiger partial charge is 0.208 e. The van der Waals surface area contributed by atoms with Crippen LogP contribution in [0.4, 0.5) is 0 Å². The van der Waals surface area contributed by atoms with Crippen LogP contribution in [-0.2, 0) is 10.0 Å². The first-order valence-electron chi connectivity index (χ1n) is 7.48. The molecular weight excluding hydrogens is 324 g/mol. The van der Waals surface area contributed by atoms with E-state index in [0.29, 0.717) is 24.1 Å². The van der Waals surface area contributed by atoms with E-state index in [4.69, 9.17) is 16.3 Å². The summed E-state index contributed by atoms with van der Waals surface area (Å²) in [6.45, 7) is 3.76. The SMILES string of the molecule is CS(=O)(=O)NCCN1CCC[C@@H](COc2ccccc2Cl)C1. The van der Waals surface area contributed by atoms with Crippen LogP contribution in [0.15, 0.2) is 24.3 Å². The van der Waals surface area contributed by atoms with Crippen molar-refractivity contribution in [3.8, 4) is 5.75 Å². The van der Waals surface area contributed by atoms with E-state index < -0.39 is 10.0 Å². The van der Waals surface area contributed by atoms with Gasteiger partial charge in [-0.2, -0.15) is 0 Å². The summed E-state index contributed by atoms with van der Waals surface area (Å²) < 4.78 is 30.5. The molecule has 5 nitrogen and oxygen atoms in total. The number of piperidine rings is 1. The van der Waals surface area contributed by atoms with Gasteiger partial charge in [0.25, 0.3) is 0 Å². The van der Waals surface area contributed by atoms with Crippen LogP contribution in [0, 0.1) is 5.92 Å². The van der Waals surface area contributed by atoms with Gasteiger partial charge in [-0.05, 0) is 31.5 Å². The van der Waals surface area contributed by atoms with Gasteiger partial charge in [0.05, 0.1) is 17.9 Å². The van der Waals surface area contributed by atoms with Gasteiger partial charge >= 0.3 is 0 Å². The number of nitrogens with zero attached hydrogens (tertiary/aromatic N) is 1. The minimum atomic E-state index is -3.11. The molecule has 0 spiro atoms. The third-order valence-electron chi connectivity index (χ3n) is 3.71. The van der Waals surface area contributed by atoms with Gasteiger partial charge in [0.2, 0.25) is 10.0 Å². The molecule has 22 heavy (non-hydrogen) atoms. The Morgan fingerprint density at radius 1 is 1.41 bits per heavy atom. The van der Waals surface area contributed by atoms with Crippen LogP contribution in [0.5, 0.6) is 5.75 Å². The zero-order chi connectivity index (χ0) is 16.0. The molecule has 2 rings (SSSR count). The second kappa shape index (κ2) is 8.15. The molecule has 0 aliphatic carbocycles. The molecule has 0 unspecified atom stereocenters. The molecule has 1 saturated heterocycles. The maximum absolute atomic E-state index is 11.1. The predicted octanol–water partition coefficient (Wildman–Crippen LogP) is 1.98. The van der Waals surface area contributed by atoms with Gasteiger partial charge in [-0.1, -0.05) is 23.7 Å². The highest BCUT2D eigenvalue weighted by Gasteiger charge is 2.20. The van der Waals surface area contributed by atoms with E-state index in [-0.39, 0.29) is 0 Å². The number of para-hydroxylation sites is 1. The summed E-state index contributed by atoms with van der Waals surface area (Å²) in [5.74, 6) is 1.17. The lowest BCUT2D eigenvalue weighted by atomic mass is 9.99. The number of hydrogen-bond donors (Lipinski definition) is 1. The molecule has 0 radical (unpaired) electrons. The molecule has 1 aliphatic rings. The number of halogens is 1. The third kappa shape index (κ3) is 6.12. The fourth-order valence-corrected chi connectivity index (χ4v) is 3.30. The van der Waals surface area contributed by atoms with Crippen molar-refractivity contribution in [1.29, 1.82) is 0 Å². The van der Waals surface area contributed by atoms with Crippen LogP contribution in [0.25, 0.3) is 0 Å². The fourth-order valence-electron chi connectivity index (χ4n) is 2.65. The molecule has 124 valence electrons. The van der Waals surface area contributed by atoms with Crippen LogP contribution in [-0.4, -0.2) is 52.4 Å². The van der Waals surface area contributed by atoms with E-state index in [1.807, 2.05) is 24.3 Å². The molecule has 0 amide bonds. The standard InChI is InChI=1S/C15H23ClN2O3S/c1-22(19,20)17-8-10-18-9-4-5-13(11-18)12-21-15-7-3-2-6-14(15)16/h2-3,6-7,13,17H,4-5,8-12H2,1H3/t13-/m1/s1. The van der Waals surface area contributed by atoms with Crippen molar-refractivity contribution in [2.45, 2.75) is 12.8 Å². The molecule has 1 fully saturated rings. The maximum Gasteiger partial charge on any atom is 0.208 e. The normalized spacial score (nSPS) is 20.0. The van der Waals surface area contributed by atoms with E-state index in [9.17, 15) is 8.42 Å². The number of benzene rings is 1. The Hall–Kier alpha value is -0.820. The molecule has 1 atom stereocenters. The molecule has 0 saturated carbocycles. The quantitative estimate of drug-likeness (QED) is 0.820. The summed E-state index contributed by atoms with van der Waals surface area (Å²) in [6.07, 6.45) is 3.42. The first kappa shape index (κ1) is 17.5. The lowest BCUT2D eigenvalue weighted by Crippen LogP contribution is -2.41. The van der Waals surface area contributed by atoms with E-state index >= 15 is 0 Å². The minimum Gasteiger partial charge on any atom is -0.492 e. The van der Waals surface area contributed by atoms with Crippen molar-refractivity contribution >= 4 is 21.6 Å². The van der Waals surface area contributed by atoms with Crippen molar-refractivity contribution < 1.29 is 13.2 Å². The Morgan fingerprint density at radius 2 is 2.18 bits per heavy atom. The van der Waals surface area contributed by atoms with Crippen LogP contribution < -0.4 is 9.46 Å². The van der Waals surface area contributed by atoms with Crippen LogP contribution >= 0.6 is 11.6 Å². The lowest BCUT2D eigenvalue weighted by Gasteiger charge is -2.32. The Kier molecular flexibility index (Phi) is 6.50. The summed E-state index contributed by atoms with van der Waals surface area (Å²) >= 11 is 6.08.